The number of hydrogen-bond donors (Lipinski definition) is 1. The summed E-state index contributed by atoms with van der Waals surface area (Å²) in [4.78, 5) is 15.9. The van der Waals surface area contributed by atoms with Crippen LogP contribution >= 0.6 is 24.8 Å². The minimum atomic E-state index is -0.449. The maximum Gasteiger partial charge on any atom is 0.239 e. The molecule has 0 saturated carbocycles. The van der Waals surface area contributed by atoms with Gasteiger partial charge in [-0.2, -0.15) is 0 Å². The van der Waals surface area contributed by atoms with Gasteiger partial charge in [0.15, 0.2) is 0 Å². The van der Waals surface area contributed by atoms with Crippen LogP contribution in [0.25, 0.3) is 0 Å². The molecule has 0 aliphatic carbocycles. The molecule has 1 atom stereocenters. The van der Waals surface area contributed by atoms with Crippen LogP contribution in [0, 0.1) is 11.7 Å². The molecule has 0 bridgehead atoms. The SMILES string of the molecule is CC(C)C(N)C(=O)N1CCN(c2ccccc2F)CC1.Cl.Cl. The molecule has 126 valence electrons. The van der Waals surface area contributed by atoms with Crippen molar-refractivity contribution in [2.24, 2.45) is 11.7 Å². The number of benzene rings is 1. The Bertz CT molecular complexity index is 480. The topological polar surface area (TPSA) is 49.6 Å². The fourth-order valence-corrected chi connectivity index (χ4v) is 2.37. The lowest BCUT2D eigenvalue weighted by Crippen LogP contribution is -2.54. The molecule has 2 N–H and O–H groups in total. The van der Waals surface area contributed by atoms with Crippen LogP contribution in [0.4, 0.5) is 10.1 Å². The maximum atomic E-state index is 13.7. The van der Waals surface area contributed by atoms with Crippen LogP contribution < -0.4 is 10.6 Å². The number of nitrogens with two attached hydrogens (primary N) is 1. The summed E-state index contributed by atoms with van der Waals surface area (Å²) < 4.78 is 13.7. The fourth-order valence-electron chi connectivity index (χ4n) is 2.37. The van der Waals surface area contributed by atoms with E-state index in [2.05, 4.69) is 0 Å². The quantitative estimate of drug-likeness (QED) is 0.908. The lowest BCUT2D eigenvalue weighted by atomic mass is 10.0. The van der Waals surface area contributed by atoms with Crippen molar-refractivity contribution in [1.29, 1.82) is 0 Å². The van der Waals surface area contributed by atoms with Gasteiger partial charge in [-0.1, -0.05) is 26.0 Å². The third kappa shape index (κ3) is 4.73. The zero-order valence-electron chi connectivity index (χ0n) is 12.9. The molecule has 4 nitrogen and oxygen atoms in total. The van der Waals surface area contributed by atoms with Crippen molar-refractivity contribution < 1.29 is 9.18 Å². The molecule has 1 aromatic carbocycles. The second-order valence-corrected chi connectivity index (χ2v) is 5.53. The van der Waals surface area contributed by atoms with Crippen LogP contribution in [-0.4, -0.2) is 43.0 Å². The molecule has 1 fully saturated rings. The molecular formula is C15H24Cl2FN3O. The van der Waals surface area contributed by atoms with E-state index in [4.69, 9.17) is 5.73 Å². The average molecular weight is 352 g/mol. The van der Waals surface area contributed by atoms with Crippen LogP contribution in [0.1, 0.15) is 13.8 Å². The van der Waals surface area contributed by atoms with E-state index in [-0.39, 0.29) is 42.5 Å². The van der Waals surface area contributed by atoms with E-state index in [9.17, 15) is 9.18 Å². The van der Waals surface area contributed by atoms with Gasteiger partial charge in [-0.05, 0) is 18.1 Å². The van der Waals surface area contributed by atoms with Gasteiger partial charge in [0.1, 0.15) is 5.82 Å². The van der Waals surface area contributed by atoms with Crippen molar-refractivity contribution in [3.63, 3.8) is 0 Å². The Morgan fingerprint density at radius 1 is 1.14 bits per heavy atom. The molecule has 1 aliphatic rings. The van der Waals surface area contributed by atoms with Crippen LogP contribution in [0.2, 0.25) is 0 Å². The third-order valence-electron chi connectivity index (χ3n) is 3.79. The van der Waals surface area contributed by atoms with E-state index >= 15 is 0 Å². The first-order valence-electron chi connectivity index (χ1n) is 7.04. The largest absolute Gasteiger partial charge is 0.366 e. The first-order chi connectivity index (χ1) is 9.50. The summed E-state index contributed by atoms with van der Waals surface area (Å²) in [5.74, 6) is -0.0913. The van der Waals surface area contributed by atoms with Gasteiger partial charge in [0.25, 0.3) is 0 Å². The lowest BCUT2D eigenvalue weighted by molar-refractivity contribution is -0.133. The summed E-state index contributed by atoms with van der Waals surface area (Å²) in [5.41, 5.74) is 6.50. The lowest BCUT2D eigenvalue weighted by Gasteiger charge is -2.37. The summed E-state index contributed by atoms with van der Waals surface area (Å²) in [6.07, 6.45) is 0. The van der Waals surface area contributed by atoms with Crippen molar-refractivity contribution in [3.05, 3.63) is 30.1 Å². The van der Waals surface area contributed by atoms with Gasteiger partial charge in [0.05, 0.1) is 11.7 Å². The Morgan fingerprint density at radius 2 is 1.68 bits per heavy atom. The molecule has 1 unspecified atom stereocenters. The van der Waals surface area contributed by atoms with E-state index in [0.29, 0.717) is 31.9 Å². The van der Waals surface area contributed by atoms with Crippen molar-refractivity contribution in [1.82, 2.24) is 4.90 Å². The molecule has 0 radical (unpaired) electrons. The zero-order valence-corrected chi connectivity index (χ0v) is 14.5. The molecule has 0 spiro atoms. The fraction of sp³-hybridized carbons (Fsp3) is 0.533. The van der Waals surface area contributed by atoms with Crippen LogP contribution in [0.5, 0.6) is 0 Å². The molecule has 1 aliphatic heterocycles. The average Bonchev–Trinajstić information content (AvgIpc) is 2.46. The summed E-state index contributed by atoms with van der Waals surface area (Å²) in [5, 5.41) is 0. The van der Waals surface area contributed by atoms with Crippen molar-refractivity contribution in [2.75, 3.05) is 31.1 Å². The third-order valence-corrected chi connectivity index (χ3v) is 3.79. The molecule has 2 rings (SSSR count). The Kier molecular flexibility index (Phi) is 8.74. The number of piperazine rings is 1. The standard InChI is InChI=1S/C15H22FN3O.2ClH/c1-11(2)14(17)15(20)19-9-7-18(8-10-19)13-6-4-3-5-12(13)16;;/h3-6,11,14H,7-10,17H2,1-2H3;2*1H. The number of rotatable bonds is 3. The van der Waals surface area contributed by atoms with Crippen molar-refractivity contribution in [2.45, 2.75) is 19.9 Å². The predicted octanol–water partition coefficient (Wildman–Crippen LogP) is 2.30. The van der Waals surface area contributed by atoms with E-state index in [1.54, 1.807) is 17.0 Å². The number of carbonyl (C=O) groups excluding carboxylic acids is 1. The minimum Gasteiger partial charge on any atom is -0.366 e. The summed E-state index contributed by atoms with van der Waals surface area (Å²) in [7, 11) is 0. The highest BCUT2D eigenvalue weighted by atomic mass is 35.5. The second kappa shape index (κ2) is 9.18. The predicted molar refractivity (Wildman–Crippen MR) is 92.5 cm³/mol. The molecule has 22 heavy (non-hydrogen) atoms. The van der Waals surface area contributed by atoms with Crippen LogP contribution in [-0.2, 0) is 4.79 Å². The molecule has 1 aromatic rings. The maximum absolute atomic E-state index is 13.7. The van der Waals surface area contributed by atoms with E-state index in [0.717, 1.165) is 0 Å². The number of anilines is 1. The highest BCUT2D eigenvalue weighted by Gasteiger charge is 2.27. The van der Waals surface area contributed by atoms with Crippen molar-refractivity contribution in [3.8, 4) is 0 Å². The smallest absolute Gasteiger partial charge is 0.239 e. The Balaban J connectivity index is 0.00000220. The van der Waals surface area contributed by atoms with Gasteiger partial charge in [-0.15, -0.1) is 24.8 Å². The number of nitrogens with zero attached hydrogens (tertiary/aromatic N) is 2. The number of hydrogen-bond acceptors (Lipinski definition) is 3. The minimum absolute atomic E-state index is 0. The van der Waals surface area contributed by atoms with Gasteiger partial charge in [0, 0.05) is 26.2 Å². The Hall–Kier alpha value is -1.04. The number of halogens is 3. The van der Waals surface area contributed by atoms with E-state index in [1.807, 2.05) is 24.8 Å². The molecule has 1 heterocycles. The summed E-state index contributed by atoms with van der Waals surface area (Å²) in [6, 6.07) is 6.29. The van der Waals surface area contributed by atoms with Gasteiger partial charge in [-0.25, -0.2) is 4.39 Å². The second-order valence-electron chi connectivity index (χ2n) is 5.53. The van der Waals surface area contributed by atoms with Gasteiger partial charge < -0.3 is 15.5 Å². The van der Waals surface area contributed by atoms with Crippen LogP contribution in [0.3, 0.4) is 0 Å². The summed E-state index contributed by atoms with van der Waals surface area (Å²) in [6.45, 7) is 6.34. The monoisotopic (exact) mass is 351 g/mol. The highest BCUT2D eigenvalue weighted by molar-refractivity contribution is 5.85. The van der Waals surface area contributed by atoms with Crippen LogP contribution in [0.15, 0.2) is 24.3 Å². The first kappa shape index (κ1) is 21.0. The van der Waals surface area contributed by atoms with Gasteiger partial charge in [0.2, 0.25) is 5.91 Å². The normalized spacial score (nSPS) is 15.9. The number of carbonyl (C=O) groups is 1. The molecule has 0 aromatic heterocycles. The number of amides is 1. The molecular weight excluding hydrogens is 328 g/mol. The molecule has 1 amide bonds. The molecule has 1 saturated heterocycles. The van der Waals surface area contributed by atoms with E-state index in [1.165, 1.54) is 6.07 Å². The Morgan fingerprint density at radius 3 is 2.18 bits per heavy atom. The zero-order chi connectivity index (χ0) is 14.7. The summed E-state index contributed by atoms with van der Waals surface area (Å²) >= 11 is 0. The van der Waals surface area contributed by atoms with E-state index < -0.39 is 6.04 Å². The Labute approximate surface area is 143 Å². The number of para-hydroxylation sites is 1. The highest BCUT2D eigenvalue weighted by Crippen LogP contribution is 2.20. The van der Waals surface area contributed by atoms with Crippen molar-refractivity contribution >= 4 is 36.4 Å². The molecule has 7 heteroatoms. The van der Waals surface area contributed by atoms with Gasteiger partial charge >= 0.3 is 0 Å². The first-order valence-corrected chi connectivity index (χ1v) is 7.04. The van der Waals surface area contributed by atoms with Gasteiger partial charge in [-0.3, -0.25) is 4.79 Å².